The van der Waals surface area contributed by atoms with Crippen LogP contribution in [0, 0.1) is 0 Å². The third kappa shape index (κ3) is 4.54. The number of ether oxygens (including phenoxy) is 4. The molecule has 1 aliphatic heterocycles. The predicted octanol–water partition coefficient (Wildman–Crippen LogP) is 0.455. The maximum absolute atomic E-state index is 11.7. The number of carbonyl (C=O) groups excluding carboxylic acids is 3. The third-order valence-corrected chi connectivity index (χ3v) is 4.25. The quantitative estimate of drug-likeness (QED) is 0.386. The zero-order valence-electron chi connectivity index (χ0n) is 15.7. The zero-order chi connectivity index (χ0) is 21.3. The fourth-order valence-corrected chi connectivity index (χ4v) is 3.19. The summed E-state index contributed by atoms with van der Waals surface area (Å²) in [6.45, 7) is 3.39. The maximum Gasteiger partial charge on any atom is 0.303 e. The van der Waals surface area contributed by atoms with Crippen LogP contribution >= 0.6 is 11.6 Å². The van der Waals surface area contributed by atoms with Gasteiger partial charge in [0.2, 0.25) is 5.95 Å². The van der Waals surface area contributed by atoms with Crippen molar-refractivity contribution in [2.45, 2.75) is 45.2 Å². The van der Waals surface area contributed by atoms with Gasteiger partial charge in [-0.3, -0.25) is 14.4 Å². The predicted molar refractivity (Wildman–Crippen MR) is 96.5 cm³/mol. The van der Waals surface area contributed by atoms with Gasteiger partial charge in [-0.2, -0.15) is 9.97 Å². The Morgan fingerprint density at radius 2 is 1.72 bits per heavy atom. The number of anilines is 1. The molecule has 0 aromatic carbocycles. The van der Waals surface area contributed by atoms with Crippen molar-refractivity contribution in [3.8, 4) is 0 Å². The van der Waals surface area contributed by atoms with Crippen LogP contribution in [0.15, 0.2) is 0 Å². The van der Waals surface area contributed by atoms with E-state index in [1.807, 2.05) is 0 Å². The monoisotopic (exact) mass is 427 g/mol. The molecule has 0 unspecified atom stereocenters. The number of hydrogen-bond acceptors (Lipinski definition) is 11. The molecule has 3 N–H and O–H groups in total. The minimum Gasteiger partial charge on any atom is -0.463 e. The number of aromatic nitrogens is 4. The molecule has 12 nitrogen and oxygen atoms in total. The Balaban J connectivity index is 2.00. The molecule has 0 bridgehead atoms. The number of hydrogen-bond donors (Lipinski definition) is 2. The van der Waals surface area contributed by atoms with Gasteiger partial charge in [0.25, 0.3) is 0 Å². The molecule has 0 aliphatic carbocycles. The average Bonchev–Trinajstić information content (AvgIpc) is 3.15. The first-order valence-corrected chi connectivity index (χ1v) is 8.85. The van der Waals surface area contributed by atoms with Crippen molar-refractivity contribution >= 4 is 46.6 Å². The van der Waals surface area contributed by atoms with Crippen LogP contribution < -0.4 is 5.73 Å². The van der Waals surface area contributed by atoms with E-state index in [4.69, 9.17) is 36.3 Å². The van der Waals surface area contributed by atoms with Gasteiger partial charge < -0.3 is 29.7 Å². The summed E-state index contributed by atoms with van der Waals surface area (Å²) in [7, 11) is 0. The van der Waals surface area contributed by atoms with Crippen molar-refractivity contribution in [3.63, 3.8) is 0 Å². The van der Waals surface area contributed by atoms with E-state index >= 15 is 0 Å². The number of imidazole rings is 1. The first-order chi connectivity index (χ1) is 13.7. The number of nitrogens with zero attached hydrogens (tertiary/aromatic N) is 3. The molecule has 3 rings (SSSR count). The summed E-state index contributed by atoms with van der Waals surface area (Å²) >= 11 is 6.06. The number of aromatic amines is 1. The lowest BCUT2D eigenvalue weighted by molar-refractivity contribution is -0.165. The second kappa shape index (κ2) is 8.17. The summed E-state index contributed by atoms with van der Waals surface area (Å²) in [4.78, 5) is 49.4. The Morgan fingerprint density at radius 1 is 1.07 bits per heavy atom. The topological polar surface area (TPSA) is 169 Å². The van der Waals surface area contributed by atoms with E-state index in [1.54, 1.807) is 0 Å². The van der Waals surface area contributed by atoms with Crippen LogP contribution in [0.2, 0.25) is 5.15 Å². The van der Waals surface area contributed by atoms with Crippen LogP contribution in [-0.2, 0) is 33.3 Å². The first-order valence-electron chi connectivity index (χ1n) is 8.47. The third-order valence-electron chi connectivity index (χ3n) is 3.98. The molecule has 13 heteroatoms. The van der Waals surface area contributed by atoms with Crippen molar-refractivity contribution in [1.29, 1.82) is 0 Å². The molecule has 0 radical (unpaired) electrons. The Bertz CT molecular complexity index is 965. The number of halogens is 1. The number of H-pyrrole nitrogens is 1. The SMILES string of the molecule is CC(=O)OC[C@H]1O[C@@H](c2nc3nc(N)nc(Cl)c3[nH]2)[C@H](OC(C)=O)[C@@H]1OC(C)=O. The van der Waals surface area contributed by atoms with Crippen molar-refractivity contribution in [1.82, 2.24) is 19.9 Å². The fraction of sp³-hybridized carbons (Fsp3) is 0.500. The summed E-state index contributed by atoms with van der Waals surface area (Å²) in [6.07, 6.45) is -4.01. The second-order valence-electron chi connectivity index (χ2n) is 6.24. The van der Waals surface area contributed by atoms with E-state index in [1.165, 1.54) is 20.8 Å². The molecular weight excluding hydrogens is 410 g/mol. The molecular formula is C16H18ClN5O7. The second-order valence-corrected chi connectivity index (χ2v) is 6.60. The Hall–Kier alpha value is -2.99. The van der Waals surface area contributed by atoms with Gasteiger partial charge in [0.15, 0.2) is 29.1 Å². The van der Waals surface area contributed by atoms with Crippen LogP contribution in [0.3, 0.4) is 0 Å². The highest BCUT2D eigenvalue weighted by molar-refractivity contribution is 6.33. The molecule has 0 amide bonds. The number of esters is 3. The summed E-state index contributed by atoms with van der Waals surface area (Å²) in [5, 5.41) is 0.0429. The van der Waals surface area contributed by atoms with E-state index in [9.17, 15) is 14.4 Å². The maximum atomic E-state index is 11.7. The summed E-state index contributed by atoms with van der Waals surface area (Å²) in [5.41, 5.74) is 6.06. The number of nitrogens with one attached hydrogen (secondary N) is 1. The summed E-state index contributed by atoms with van der Waals surface area (Å²) < 4.78 is 21.5. The lowest BCUT2D eigenvalue weighted by Gasteiger charge is -2.22. The fourth-order valence-electron chi connectivity index (χ4n) is 2.97. The van der Waals surface area contributed by atoms with Crippen molar-refractivity contribution < 1.29 is 33.3 Å². The zero-order valence-corrected chi connectivity index (χ0v) is 16.4. The van der Waals surface area contributed by atoms with E-state index in [0.29, 0.717) is 5.52 Å². The van der Waals surface area contributed by atoms with Gasteiger partial charge in [0, 0.05) is 20.8 Å². The van der Waals surface area contributed by atoms with Crippen LogP contribution in [0.5, 0.6) is 0 Å². The van der Waals surface area contributed by atoms with Crippen LogP contribution in [0.1, 0.15) is 32.7 Å². The molecule has 4 atom stereocenters. The van der Waals surface area contributed by atoms with E-state index < -0.39 is 42.3 Å². The normalized spacial score (nSPS) is 23.7. The van der Waals surface area contributed by atoms with Crippen molar-refractivity contribution in [2.75, 3.05) is 12.3 Å². The Morgan fingerprint density at radius 3 is 2.34 bits per heavy atom. The van der Waals surface area contributed by atoms with E-state index in [0.717, 1.165) is 0 Å². The highest BCUT2D eigenvalue weighted by atomic mass is 35.5. The van der Waals surface area contributed by atoms with Crippen molar-refractivity contribution in [2.24, 2.45) is 0 Å². The molecule has 156 valence electrons. The molecule has 0 saturated carbocycles. The molecule has 1 saturated heterocycles. The smallest absolute Gasteiger partial charge is 0.303 e. The summed E-state index contributed by atoms with van der Waals surface area (Å²) in [5.74, 6) is -1.70. The first kappa shape index (κ1) is 20.7. The highest BCUT2D eigenvalue weighted by Gasteiger charge is 2.51. The van der Waals surface area contributed by atoms with Gasteiger partial charge in [0.05, 0.1) is 0 Å². The van der Waals surface area contributed by atoms with Crippen LogP contribution in [0.4, 0.5) is 5.95 Å². The average molecular weight is 428 g/mol. The van der Waals surface area contributed by atoms with E-state index in [-0.39, 0.29) is 29.2 Å². The van der Waals surface area contributed by atoms with Crippen LogP contribution in [0.25, 0.3) is 11.2 Å². The lowest BCUT2D eigenvalue weighted by atomic mass is 10.1. The molecule has 1 fully saturated rings. The Labute approximate surface area is 169 Å². The number of fused-ring (bicyclic) bond motifs is 1. The molecule has 3 heterocycles. The number of nitrogens with two attached hydrogens (primary N) is 1. The van der Waals surface area contributed by atoms with Gasteiger partial charge in [-0.05, 0) is 0 Å². The largest absolute Gasteiger partial charge is 0.463 e. The molecule has 2 aromatic rings. The number of carbonyl (C=O) groups is 3. The Kier molecular flexibility index (Phi) is 5.84. The number of nitrogen functional groups attached to an aromatic ring is 1. The molecule has 29 heavy (non-hydrogen) atoms. The van der Waals surface area contributed by atoms with Gasteiger partial charge in [-0.25, -0.2) is 4.98 Å². The standard InChI is InChI=1S/C16H18ClN5O7/c1-5(23)26-4-8-10(27-6(2)24)11(28-7(3)25)12(29-8)15-19-9-13(17)20-16(18)22-14(9)21-15/h8,10-12H,4H2,1-3H3,(H3,18,19,20,21,22)/t8-,10-,11-,12-/m1/s1. The highest BCUT2D eigenvalue weighted by Crippen LogP contribution is 2.37. The number of rotatable bonds is 5. The lowest BCUT2D eigenvalue weighted by Crippen LogP contribution is -2.40. The minimum absolute atomic E-state index is 0.0429. The summed E-state index contributed by atoms with van der Waals surface area (Å²) in [6, 6.07) is 0. The van der Waals surface area contributed by atoms with Gasteiger partial charge in [-0.1, -0.05) is 11.6 Å². The van der Waals surface area contributed by atoms with Crippen molar-refractivity contribution in [3.05, 3.63) is 11.0 Å². The molecule has 2 aromatic heterocycles. The van der Waals surface area contributed by atoms with Crippen LogP contribution in [-0.4, -0.2) is 62.8 Å². The van der Waals surface area contributed by atoms with Gasteiger partial charge in [-0.15, -0.1) is 0 Å². The molecule has 1 aliphatic rings. The molecule has 0 spiro atoms. The van der Waals surface area contributed by atoms with Gasteiger partial charge in [0.1, 0.15) is 24.1 Å². The minimum atomic E-state index is -1.07. The van der Waals surface area contributed by atoms with E-state index in [2.05, 4.69) is 19.9 Å². The van der Waals surface area contributed by atoms with Gasteiger partial charge >= 0.3 is 17.9 Å².